The van der Waals surface area contributed by atoms with Crippen molar-refractivity contribution in [3.05, 3.63) is 36.5 Å². The molecule has 0 aromatic carbocycles. The fraction of sp³-hybridized carbons (Fsp3) is 0.882. The maximum Gasteiger partial charge on any atom is 0.472 e. The lowest BCUT2D eigenvalue weighted by atomic mass is 10.0. The Balaban J connectivity index is 4.04. The molecule has 9 nitrogen and oxygen atoms in total. The molecule has 1 N–H and O–H groups in total. The minimum absolute atomic E-state index is 0.0333. The fourth-order valence-electron chi connectivity index (χ4n) is 9.97. The van der Waals surface area contributed by atoms with Crippen LogP contribution in [-0.2, 0) is 32.7 Å². The van der Waals surface area contributed by atoms with Crippen LogP contribution in [0.1, 0.15) is 335 Å². The number of hydrogen-bond acceptors (Lipinski definition) is 7. The third kappa shape index (κ3) is 63.4. The van der Waals surface area contributed by atoms with Gasteiger partial charge in [0.1, 0.15) is 19.8 Å². The zero-order valence-electron chi connectivity index (χ0n) is 52.4. The fourth-order valence-corrected chi connectivity index (χ4v) is 10.7. The van der Waals surface area contributed by atoms with Crippen molar-refractivity contribution in [2.75, 3.05) is 47.5 Å². The van der Waals surface area contributed by atoms with Gasteiger partial charge in [-0.25, -0.2) is 4.57 Å². The number of esters is 2. The molecule has 0 amide bonds. The summed E-state index contributed by atoms with van der Waals surface area (Å²) in [4.78, 5) is 35.8. The Bertz CT molecular complexity index is 1410. The van der Waals surface area contributed by atoms with Gasteiger partial charge >= 0.3 is 19.8 Å². The number of quaternary nitrogens is 1. The minimum atomic E-state index is -4.39. The van der Waals surface area contributed by atoms with Gasteiger partial charge in [-0.05, 0) is 51.4 Å². The molecule has 460 valence electrons. The Hall–Kier alpha value is -1.77. The Kier molecular flexibility index (Phi) is 58.5. The molecule has 0 heterocycles. The largest absolute Gasteiger partial charge is 0.472 e. The molecule has 0 spiro atoms. The van der Waals surface area contributed by atoms with E-state index in [1.165, 1.54) is 257 Å². The number of nitrogens with zero attached hydrogens (tertiary/aromatic N) is 1. The predicted octanol–water partition coefficient (Wildman–Crippen LogP) is 21.5. The number of ether oxygens (including phenoxy) is 2. The molecule has 0 saturated carbocycles. The molecule has 78 heavy (non-hydrogen) atoms. The summed E-state index contributed by atoms with van der Waals surface area (Å²) in [7, 11) is 1.49. The van der Waals surface area contributed by atoms with E-state index in [4.69, 9.17) is 18.5 Å². The number of rotatable bonds is 63. The first kappa shape index (κ1) is 76.2. The van der Waals surface area contributed by atoms with E-state index in [9.17, 15) is 19.0 Å². The normalized spacial score (nSPS) is 13.4. The Labute approximate surface area is 484 Å². The summed E-state index contributed by atoms with van der Waals surface area (Å²) in [5, 5.41) is 0. The zero-order valence-corrected chi connectivity index (χ0v) is 53.3. The van der Waals surface area contributed by atoms with E-state index in [-0.39, 0.29) is 25.6 Å². The van der Waals surface area contributed by atoms with Crippen LogP contribution in [0.2, 0.25) is 0 Å². The van der Waals surface area contributed by atoms with Crippen molar-refractivity contribution in [3.63, 3.8) is 0 Å². The van der Waals surface area contributed by atoms with Gasteiger partial charge in [-0.2, -0.15) is 0 Å². The minimum Gasteiger partial charge on any atom is -0.462 e. The van der Waals surface area contributed by atoms with Crippen molar-refractivity contribution >= 4 is 19.8 Å². The lowest BCUT2D eigenvalue weighted by molar-refractivity contribution is -0.870. The number of phosphoric ester groups is 1. The lowest BCUT2D eigenvalue weighted by Crippen LogP contribution is -2.37. The molecule has 0 aliphatic rings. The number of phosphoric acid groups is 1. The average molecular weight is 1120 g/mol. The van der Waals surface area contributed by atoms with Crippen molar-refractivity contribution in [1.29, 1.82) is 0 Å². The molecule has 2 unspecified atom stereocenters. The van der Waals surface area contributed by atoms with Gasteiger partial charge < -0.3 is 18.9 Å². The van der Waals surface area contributed by atoms with Crippen LogP contribution in [0.4, 0.5) is 0 Å². The molecule has 0 aromatic rings. The summed E-state index contributed by atoms with van der Waals surface area (Å²) >= 11 is 0. The predicted molar refractivity (Wildman–Crippen MR) is 335 cm³/mol. The average Bonchev–Trinajstić information content (AvgIpc) is 3.41. The Morgan fingerprint density at radius 1 is 0.397 bits per heavy atom. The summed E-state index contributed by atoms with van der Waals surface area (Å²) < 4.78 is 34.7. The van der Waals surface area contributed by atoms with Crippen molar-refractivity contribution < 1.29 is 42.1 Å². The molecule has 0 rings (SSSR count). The van der Waals surface area contributed by atoms with E-state index in [1.807, 2.05) is 21.1 Å². The SMILES string of the molecule is CCCCCCC/C=C\C/C=C\C/C=C\CCCCCCCCCCCCCCC(=O)OC(COC(=O)CCCCCCCCCCCCCCCCCCCCCCCCCCCCC)COP(=O)(O)OCC[N+](C)(C)C. The number of carbonyl (C=O) groups excluding carboxylic acids is 2. The first-order valence-electron chi connectivity index (χ1n) is 33.7. The van der Waals surface area contributed by atoms with Crippen LogP contribution >= 0.6 is 7.82 Å². The third-order valence-corrected chi connectivity index (χ3v) is 16.2. The Morgan fingerprint density at radius 2 is 0.692 bits per heavy atom. The number of unbranched alkanes of at least 4 members (excludes halogenated alkanes) is 43. The van der Waals surface area contributed by atoms with Gasteiger partial charge in [0.25, 0.3) is 0 Å². The summed E-state index contributed by atoms with van der Waals surface area (Å²) in [6.45, 7) is 4.48. The number of allylic oxidation sites excluding steroid dienone is 6. The second-order valence-corrected chi connectivity index (χ2v) is 25.7. The van der Waals surface area contributed by atoms with Crippen LogP contribution in [0.15, 0.2) is 36.5 Å². The number of likely N-dealkylation sites (N-methyl/N-ethyl adjacent to an activating group) is 1. The molecule has 0 saturated heterocycles. The Morgan fingerprint density at radius 3 is 1.03 bits per heavy atom. The van der Waals surface area contributed by atoms with E-state index in [0.717, 1.165) is 44.9 Å². The standard InChI is InChI=1S/C68H130NO8P/c1-6-8-10-12-14-16-18-20-22-24-26-28-30-32-34-36-38-40-42-44-46-48-50-52-54-56-58-60-67(70)74-64-66(65-76-78(72,73)75-63-62-69(3,4)5)77-68(71)61-59-57-55-53-51-49-47-45-43-41-39-37-35-33-31-29-27-25-23-21-19-17-15-13-11-9-7-2/h19,21,25,27,31,33,66H,6-18,20,22-24,26,28-30,32,34-65H2,1-5H3/p+1/b21-19-,27-25-,33-31-. The van der Waals surface area contributed by atoms with Crippen LogP contribution in [0.5, 0.6) is 0 Å². The second kappa shape index (κ2) is 59.8. The summed E-state index contributed by atoms with van der Waals surface area (Å²) in [5.74, 6) is -0.781. The molecule has 0 aliphatic heterocycles. The van der Waals surface area contributed by atoms with Crippen LogP contribution in [-0.4, -0.2) is 74.9 Å². The van der Waals surface area contributed by atoms with E-state index >= 15 is 0 Å². The maximum atomic E-state index is 12.9. The first-order valence-corrected chi connectivity index (χ1v) is 35.2. The quantitative estimate of drug-likeness (QED) is 0.0211. The molecule has 10 heteroatoms. The van der Waals surface area contributed by atoms with Crippen molar-refractivity contribution in [3.8, 4) is 0 Å². The summed E-state index contributed by atoms with van der Waals surface area (Å²) in [5.41, 5.74) is 0. The first-order chi connectivity index (χ1) is 38.0. The van der Waals surface area contributed by atoms with Crippen molar-refractivity contribution in [1.82, 2.24) is 0 Å². The summed E-state index contributed by atoms with van der Waals surface area (Å²) in [6, 6.07) is 0. The highest BCUT2D eigenvalue weighted by Gasteiger charge is 2.27. The highest BCUT2D eigenvalue weighted by molar-refractivity contribution is 7.47. The monoisotopic (exact) mass is 1120 g/mol. The van der Waals surface area contributed by atoms with Gasteiger partial charge in [0.05, 0.1) is 27.7 Å². The van der Waals surface area contributed by atoms with Crippen LogP contribution < -0.4 is 0 Å². The van der Waals surface area contributed by atoms with Gasteiger partial charge in [-0.1, -0.05) is 307 Å². The number of hydrogen-bond donors (Lipinski definition) is 1. The molecule has 0 fully saturated rings. The highest BCUT2D eigenvalue weighted by Crippen LogP contribution is 2.43. The molecule has 2 atom stereocenters. The second-order valence-electron chi connectivity index (χ2n) is 24.2. The van der Waals surface area contributed by atoms with Gasteiger partial charge in [-0.15, -0.1) is 0 Å². The van der Waals surface area contributed by atoms with Crippen molar-refractivity contribution in [2.45, 2.75) is 341 Å². The lowest BCUT2D eigenvalue weighted by Gasteiger charge is -2.24. The van der Waals surface area contributed by atoms with Crippen molar-refractivity contribution in [2.24, 2.45) is 0 Å². The highest BCUT2D eigenvalue weighted by atomic mass is 31.2. The topological polar surface area (TPSA) is 108 Å². The van der Waals surface area contributed by atoms with Crippen LogP contribution in [0.3, 0.4) is 0 Å². The molecular weight excluding hydrogens is 990 g/mol. The van der Waals surface area contributed by atoms with E-state index in [2.05, 4.69) is 50.3 Å². The van der Waals surface area contributed by atoms with Crippen LogP contribution in [0, 0.1) is 0 Å². The summed E-state index contributed by atoms with van der Waals surface area (Å²) in [6.07, 6.45) is 75.2. The van der Waals surface area contributed by atoms with Gasteiger partial charge in [0.2, 0.25) is 0 Å². The molecule has 0 aromatic heterocycles. The van der Waals surface area contributed by atoms with E-state index in [0.29, 0.717) is 23.9 Å². The van der Waals surface area contributed by atoms with E-state index < -0.39 is 26.5 Å². The van der Waals surface area contributed by atoms with E-state index in [1.54, 1.807) is 0 Å². The van der Waals surface area contributed by atoms with Gasteiger partial charge in [0.15, 0.2) is 6.10 Å². The maximum absolute atomic E-state index is 12.9. The third-order valence-electron chi connectivity index (χ3n) is 15.2. The molecular formula is C68H131NO8P+. The van der Waals surface area contributed by atoms with Gasteiger partial charge in [-0.3, -0.25) is 18.6 Å². The molecule has 0 bridgehead atoms. The number of carbonyl (C=O) groups is 2. The molecule has 0 aliphatic carbocycles. The van der Waals surface area contributed by atoms with Crippen LogP contribution in [0.25, 0.3) is 0 Å². The smallest absolute Gasteiger partial charge is 0.462 e. The molecule has 0 radical (unpaired) electrons. The van der Waals surface area contributed by atoms with Gasteiger partial charge in [0, 0.05) is 12.8 Å². The zero-order chi connectivity index (χ0) is 57.0.